The summed E-state index contributed by atoms with van der Waals surface area (Å²) < 4.78 is 26.0. The van der Waals surface area contributed by atoms with Gasteiger partial charge in [-0.1, -0.05) is 47.5 Å². The summed E-state index contributed by atoms with van der Waals surface area (Å²) >= 11 is 17.3. The quantitative estimate of drug-likeness (QED) is 0.226. The van der Waals surface area contributed by atoms with Gasteiger partial charge in [0, 0.05) is 15.6 Å². The Labute approximate surface area is 222 Å². The second-order valence-corrected chi connectivity index (χ2v) is 8.80. The summed E-state index contributed by atoms with van der Waals surface area (Å²) in [6, 6.07) is 15.7. The maximum absolute atomic E-state index is 14.4. The van der Waals surface area contributed by atoms with E-state index >= 15 is 0 Å². The molecule has 0 unspecified atom stereocenters. The number of rotatable bonds is 7. The average molecular weight is 545 g/mol. The molecule has 0 saturated carbocycles. The van der Waals surface area contributed by atoms with Crippen molar-refractivity contribution in [1.82, 2.24) is 5.32 Å². The average Bonchev–Trinajstić information content (AvgIpc) is 2.83. The molecule has 4 rings (SSSR count). The van der Waals surface area contributed by atoms with Crippen LogP contribution >= 0.6 is 35.4 Å². The molecule has 1 heterocycles. The van der Waals surface area contributed by atoms with Crippen LogP contribution in [-0.4, -0.2) is 23.5 Å². The van der Waals surface area contributed by atoms with Gasteiger partial charge in [-0.05, 0) is 67.2 Å². The summed E-state index contributed by atoms with van der Waals surface area (Å²) in [6.45, 7) is 2.34. The second kappa shape index (κ2) is 11.1. The van der Waals surface area contributed by atoms with Gasteiger partial charge in [-0.3, -0.25) is 14.9 Å². The number of hydrogen-bond acceptors (Lipinski definition) is 5. The molecule has 1 aliphatic heterocycles. The molecule has 3 aromatic rings. The fraction of sp³-hybridized carbons (Fsp3) is 0.115. The summed E-state index contributed by atoms with van der Waals surface area (Å²) in [4.78, 5) is 26.7. The minimum Gasteiger partial charge on any atom is -0.490 e. The van der Waals surface area contributed by atoms with Crippen LogP contribution in [0.25, 0.3) is 6.08 Å². The lowest BCUT2D eigenvalue weighted by molar-refractivity contribution is -0.122. The summed E-state index contributed by atoms with van der Waals surface area (Å²) in [5.41, 5.74) is 0.965. The third-order valence-electron chi connectivity index (χ3n) is 5.17. The van der Waals surface area contributed by atoms with Crippen molar-refractivity contribution in [2.75, 3.05) is 11.5 Å². The molecular formula is C26H19Cl2FN2O4S. The Kier molecular flexibility index (Phi) is 7.88. The molecule has 1 saturated heterocycles. The SMILES string of the molecule is CCOc1cc(/C=C2\C(=O)NC(=S)N(c3ccccc3F)C2=O)ccc1OCc1ccc(Cl)cc1Cl. The van der Waals surface area contributed by atoms with Crippen LogP contribution in [0.5, 0.6) is 11.5 Å². The number of para-hydroxylation sites is 1. The Hall–Kier alpha value is -3.46. The molecule has 1 N–H and O–H groups in total. The van der Waals surface area contributed by atoms with Crippen LogP contribution in [0.3, 0.4) is 0 Å². The molecule has 3 aromatic carbocycles. The molecule has 6 nitrogen and oxygen atoms in total. The van der Waals surface area contributed by atoms with E-state index in [-0.39, 0.29) is 23.0 Å². The maximum atomic E-state index is 14.4. The molecule has 36 heavy (non-hydrogen) atoms. The molecule has 0 bridgehead atoms. The number of nitrogens with one attached hydrogen (secondary N) is 1. The molecule has 0 aromatic heterocycles. The van der Waals surface area contributed by atoms with Crippen LogP contribution in [0.2, 0.25) is 10.0 Å². The first-order chi connectivity index (χ1) is 17.3. The Morgan fingerprint density at radius 1 is 1.03 bits per heavy atom. The van der Waals surface area contributed by atoms with Gasteiger partial charge in [-0.25, -0.2) is 9.29 Å². The van der Waals surface area contributed by atoms with Gasteiger partial charge < -0.3 is 9.47 Å². The molecule has 0 radical (unpaired) electrons. The Balaban J connectivity index is 1.62. The highest BCUT2D eigenvalue weighted by molar-refractivity contribution is 7.80. The third-order valence-corrected chi connectivity index (χ3v) is 6.04. The fourth-order valence-corrected chi connectivity index (χ4v) is 4.21. The topological polar surface area (TPSA) is 67.9 Å². The minimum absolute atomic E-state index is 0.0574. The maximum Gasteiger partial charge on any atom is 0.270 e. The molecule has 10 heteroatoms. The van der Waals surface area contributed by atoms with Crippen LogP contribution in [0.4, 0.5) is 10.1 Å². The Bertz CT molecular complexity index is 1400. The van der Waals surface area contributed by atoms with Gasteiger partial charge in [0.25, 0.3) is 11.8 Å². The predicted molar refractivity (Wildman–Crippen MR) is 141 cm³/mol. The highest BCUT2D eigenvalue weighted by Crippen LogP contribution is 2.32. The van der Waals surface area contributed by atoms with Gasteiger partial charge in [0.05, 0.1) is 12.3 Å². The number of hydrogen-bond donors (Lipinski definition) is 1. The van der Waals surface area contributed by atoms with E-state index in [0.29, 0.717) is 33.7 Å². The van der Waals surface area contributed by atoms with Gasteiger partial charge in [0.1, 0.15) is 18.0 Å². The zero-order valence-electron chi connectivity index (χ0n) is 18.9. The van der Waals surface area contributed by atoms with E-state index in [0.717, 1.165) is 10.5 Å². The normalized spacial score (nSPS) is 14.7. The van der Waals surface area contributed by atoms with Gasteiger partial charge >= 0.3 is 0 Å². The van der Waals surface area contributed by atoms with Crippen molar-refractivity contribution >= 4 is 64.1 Å². The van der Waals surface area contributed by atoms with E-state index in [9.17, 15) is 14.0 Å². The van der Waals surface area contributed by atoms with Crippen molar-refractivity contribution in [3.05, 3.63) is 93.2 Å². The molecule has 0 atom stereocenters. The number of benzene rings is 3. The van der Waals surface area contributed by atoms with Crippen LogP contribution in [-0.2, 0) is 16.2 Å². The number of carbonyl (C=O) groups excluding carboxylic acids is 2. The van der Waals surface area contributed by atoms with E-state index < -0.39 is 17.6 Å². The fourth-order valence-electron chi connectivity index (χ4n) is 3.47. The summed E-state index contributed by atoms with van der Waals surface area (Å²) in [7, 11) is 0. The van der Waals surface area contributed by atoms with Crippen molar-refractivity contribution in [2.24, 2.45) is 0 Å². The van der Waals surface area contributed by atoms with Crippen LogP contribution < -0.4 is 19.7 Å². The standard InChI is InChI=1S/C26H19Cl2FN2O4S/c1-2-34-23-12-15(7-10-22(23)35-14-16-8-9-17(27)13-19(16)28)11-18-24(32)30-26(36)31(25(18)33)21-6-4-3-5-20(21)29/h3-13H,2,14H2,1H3,(H,30,32,36)/b18-11+. The van der Waals surface area contributed by atoms with Gasteiger partial charge in [-0.15, -0.1) is 0 Å². The molecule has 2 amide bonds. The van der Waals surface area contributed by atoms with Crippen molar-refractivity contribution in [1.29, 1.82) is 0 Å². The summed E-state index contributed by atoms with van der Waals surface area (Å²) in [5, 5.41) is 3.23. The van der Waals surface area contributed by atoms with Crippen LogP contribution in [0.1, 0.15) is 18.1 Å². The first kappa shape index (κ1) is 25.6. The highest BCUT2D eigenvalue weighted by Gasteiger charge is 2.35. The molecular weight excluding hydrogens is 526 g/mol. The lowest BCUT2D eigenvalue weighted by atomic mass is 10.1. The zero-order chi connectivity index (χ0) is 25.8. The van der Waals surface area contributed by atoms with Crippen LogP contribution in [0, 0.1) is 5.82 Å². The molecule has 184 valence electrons. The number of carbonyl (C=O) groups is 2. The lowest BCUT2D eigenvalue weighted by Gasteiger charge is -2.29. The van der Waals surface area contributed by atoms with E-state index in [1.54, 1.807) is 42.5 Å². The number of anilines is 1. The summed E-state index contributed by atoms with van der Waals surface area (Å²) in [6.07, 6.45) is 1.38. The number of halogens is 3. The number of amides is 2. The van der Waals surface area contributed by atoms with E-state index in [1.807, 2.05) is 6.92 Å². The van der Waals surface area contributed by atoms with Gasteiger partial charge in [-0.2, -0.15) is 0 Å². The second-order valence-electron chi connectivity index (χ2n) is 7.57. The van der Waals surface area contributed by atoms with E-state index in [1.165, 1.54) is 24.3 Å². The summed E-state index contributed by atoms with van der Waals surface area (Å²) in [5.74, 6) is -1.23. The van der Waals surface area contributed by atoms with Gasteiger partial charge in [0.2, 0.25) is 0 Å². The molecule has 1 fully saturated rings. The number of ether oxygens (including phenoxy) is 2. The molecule has 1 aliphatic rings. The van der Waals surface area contributed by atoms with Crippen molar-refractivity contribution in [2.45, 2.75) is 13.5 Å². The first-order valence-electron chi connectivity index (χ1n) is 10.8. The Morgan fingerprint density at radius 3 is 2.53 bits per heavy atom. The number of nitrogens with zero attached hydrogens (tertiary/aromatic N) is 1. The van der Waals surface area contributed by atoms with Crippen molar-refractivity contribution in [3.63, 3.8) is 0 Å². The minimum atomic E-state index is -0.746. The van der Waals surface area contributed by atoms with E-state index in [2.05, 4.69) is 5.32 Å². The van der Waals surface area contributed by atoms with E-state index in [4.69, 9.17) is 44.9 Å². The van der Waals surface area contributed by atoms with Gasteiger partial charge in [0.15, 0.2) is 16.6 Å². The van der Waals surface area contributed by atoms with Crippen LogP contribution in [0.15, 0.2) is 66.2 Å². The zero-order valence-corrected chi connectivity index (χ0v) is 21.2. The molecule has 0 aliphatic carbocycles. The lowest BCUT2D eigenvalue weighted by Crippen LogP contribution is -2.54. The monoisotopic (exact) mass is 544 g/mol. The predicted octanol–water partition coefficient (Wildman–Crippen LogP) is 5.94. The smallest absolute Gasteiger partial charge is 0.270 e. The molecule has 0 spiro atoms. The third kappa shape index (κ3) is 5.51. The Morgan fingerprint density at radius 2 is 1.81 bits per heavy atom. The first-order valence-corrected chi connectivity index (χ1v) is 11.9. The number of thiocarbonyl (C=S) groups is 1. The highest BCUT2D eigenvalue weighted by atomic mass is 35.5. The van der Waals surface area contributed by atoms with Crippen molar-refractivity contribution < 1.29 is 23.5 Å². The van der Waals surface area contributed by atoms with Crippen molar-refractivity contribution in [3.8, 4) is 11.5 Å². The largest absolute Gasteiger partial charge is 0.490 e.